The number of rotatable bonds is 6. The lowest BCUT2D eigenvalue weighted by atomic mass is 10.1. The summed E-state index contributed by atoms with van der Waals surface area (Å²) in [6.45, 7) is 4.96. The van der Waals surface area contributed by atoms with Crippen molar-refractivity contribution in [3.8, 4) is 5.75 Å². The Hall–Kier alpha value is -1.22. The van der Waals surface area contributed by atoms with Gasteiger partial charge in [-0.1, -0.05) is 0 Å². The topological polar surface area (TPSA) is 43.3 Å². The summed E-state index contributed by atoms with van der Waals surface area (Å²) in [5, 5.41) is 3.61. The number of ether oxygens (including phenoxy) is 1. The molecular formula is C20H34IN5O. The number of hydrogen-bond acceptors (Lipinski definition) is 4. The Bertz CT molecular complexity index is 593. The zero-order valence-corrected chi connectivity index (χ0v) is 19.3. The molecule has 7 heteroatoms. The van der Waals surface area contributed by atoms with Crippen molar-refractivity contribution in [2.75, 3.05) is 65.9 Å². The average Bonchev–Trinajstić information content (AvgIpc) is 3.50. The molecule has 1 saturated carbocycles. The monoisotopic (exact) mass is 487 g/mol. The predicted molar refractivity (Wildman–Crippen MR) is 124 cm³/mol. The van der Waals surface area contributed by atoms with Crippen LogP contribution in [0.2, 0.25) is 0 Å². The van der Waals surface area contributed by atoms with Crippen molar-refractivity contribution in [3.05, 3.63) is 24.3 Å². The molecule has 1 heterocycles. The standard InChI is InChI=1S/C20H33N5O.HI/c1-21-20(22-15-19(23(2)3)16-5-6-16)25-13-11-24(12-14-25)17-7-9-18(26-4)10-8-17;/h7-10,16,19H,5-6,11-15H2,1-4H3,(H,21,22);1H. The van der Waals surface area contributed by atoms with Crippen LogP contribution in [0.3, 0.4) is 0 Å². The van der Waals surface area contributed by atoms with Gasteiger partial charge in [0.05, 0.1) is 7.11 Å². The summed E-state index contributed by atoms with van der Waals surface area (Å²) < 4.78 is 5.25. The van der Waals surface area contributed by atoms with Gasteiger partial charge in [-0.25, -0.2) is 0 Å². The van der Waals surface area contributed by atoms with Crippen molar-refractivity contribution in [2.24, 2.45) is 10.9 Å². The molecule has 6 nitrogen and oxygen atoms in total. The molecule has 1 aromatic rings. The molecule has 0 amide bonds. The summed E-state index contributed by atoms with van der Waals surface area (Å²) in [5.74, 6) is 2.79. The second-order valence-corrected chi connectivity index (χ2v) is 7.47. The number of anilines is 1. The molecule has 0 spiro atoms. The average molecular weight is 487 g/mol. The maximum atomic E-state index is 5.25. The summed E-state index contributed by atoms with van der Waals surface area (Å²) in [6, 6.07) is 8.94. The molecule has 27 heavy (non-hydrogen) atoms. The van der Waals surface area contributed by atoms with Gasteiger partial charge in [-0.3, -0.25) is 4.99 Å². The third kappa shape index (κ3) is 5.88. The van der Waals surface area contributed by atoms with Crippen molar-refractivity contribution < 1.29 is 4.74 Å². The first kappa shape index (κ1) is 22.1. The molecule has 3 rings (SSSR count). The second kappa shape index (κ2) is 10.4. The molecule has 1 saturated heterocycles. The smallest absolute Gasteiger partial charge is 0.193 e. The van der Waals surface area contributed by atoms with E-state index in [0.717, 1.165) is 50.4 Å². The van der Waals surface area contributed by atoms with E-state index in [1.807, 2.05) is 19.2 Å². The molecule has 0 radical (unpaired) electrons. The van der Waals surface area contributed by atoms with Gasteiger partial charge < -0.3 is 24.8 Å². The zero-order valence-electron chi connectivity index (χ0n) is 17.0. The molecule has 1 aliphatic heterocycles. The maximum Gasteiger partial charge on any atom is 0.193 e. The van der Waals surface area contributed by atoms with Crippen molar-refractivity contribution in [3.63, 3.8) is 0 Å². The SMILES string of the molecule is CN=C(NCC(C1CC1)N(C)C)N1CCN(c2ccc(OC)cc2)CC1.I. The highest BCUT2D eigenvalue weighted by Crippen LogP contribution is 2.34. The summed E-state index contributed by atoms with van der Waals surface area (Å²) in [7, 11) is 7.96. The van der Waals surface area contributed by atoms with E-state index in [-0.39, 0.29) is 24.0 Å². The maximum absolute atomic E-state index is 5.25. The Morgan fingerprint density at radius 2 is 1.81 bits per heavy atom. The number of benzene rings is 1. The highest BCUT2D eigenvalue weighted by molar-refractivity contribution is 14.0. The van der Waals surface area contributed by atoms with Crippen LogP contribution in [-0.4, -0.2) is 82.8 Å². The lowest BCUT2D eigenvalue weighted by Crippen LogP contribution is -2.54. The Morgan fingerprint density at radius 1 is 1.19 bits per heavy atom. The lowest BCUT2D eigenvalue weighted by molar-refractivity contribution is 0.260. The number of nitrogens with zero attached hydrogens (tertiary/aromatic N) is 4. The Morgan fingerprint density at radius 3 is 2.30 bits per heavy atom. The molecular weight excluding hydrogens is 453 g/mol. The molecule has 1 aliphatic carbocycles. The van der Waals surface area contributed by atoms with Crippen LogP contribution in [0.25, 0.3) is 0 Å². The molecule has 1 atom stereocenters. The van der Waals surface area contributed by atoms with E-state index >= 15 is 0 Å². The number of methoxy groups -OCH3 is 1. The van der Waals surface area contributed by atoms with Crippen molar-refractivity contribution in [1.82, 2.24) is 15.1 Å². The Labute approximate surface area is 181 Å². The van der Waals surface area contributed by atoms with Crippen LogP contribution < -0.4 is 15.0 Å². The fourth-order valence-corrected chi connectivity index (χ4v) is 3.75. The van der Waals surface area contributed by atoms with Gasteiger partial charge in [-0.05, 0) is 57.1 Å². The molecule has 0 bridgehead atoms. The van der Waals surface area contributed by atoms with E-state index in [1.165, 1.54) is 18.5 Å². The first-order chi connectivity index (χ1) is 12.6. The van der Waals surface area contributed by atoms with Gasteiger partial charge in [0.15, 0.2) is 5.96 Å². The second-order valence-electron chi connectivity index (χ2n) is 7.47. The molecule has 0 aromatic heterocycles. The minimum absolute atomic E-state index is 0. The summed E-state index contributed by atoms with van der Waals surface area (Å²) >= 11 is 0. The van der Waals surface area contributed by atoms with Crippen molar-refractivity contribution >= 4 is 35.6 Å². The molecule has 1 N–H and O–H groups in total. The van der Waals surface area contributed by atoms with Gasteiger partial charge in [-0.2, -0.15) is 0 Å². The molecule has 2 fully saturated rings. The summed E-state index contributed by atoms with van der Waals surface area (Å²) in [4.78, 5) is 11.7. The number of piperazine rings is 1. The third-order valence-electron chi connectivity index (χ3n) is 5.53. The largest absolute Gasteiger partial charge is 0.497 e. The Kier molecular flexibility index (Phi) is 8.47. The van der Waals surface area contributed by atoms with Crippen LogP contribution in [-0.2, 0) is 0 Å². The number of hydrogen-bond donors (Lipinski definition) is 1. The predicted octanol–water partition coefficient (Wildman–Crippen LogP) is 2.35. The van der Waals surface area contributed by atoms with E-state index in [1.54, 1.807) is 7.11 Å². The van der Waals surface area contributed by atoms with Crippen LogP contribution in [0, 0.1) is 5.92 Å². The third-order valence-corrected chi connectivity index (χ3v) is 5.53. The molecule has 2 aliphatic rings. The number of aliphatic imine (C=N–C) groups is 1. The van der Waals surface area contributed by atoms with E-state index in [2.05, 4.69) is 51.2 Å². The van der Waals surface area contributed by atoms with Gasteiger partial charge in [0.2, 0.25) is 0 Å². The fourth-order valence-electron chi connectivity index (χ4n) is 3.75. The highest BCUT2D eigenvalue weighted by atomic mass is 127. The first-order valence-electron chi connectivity index (χ1n) is 9.63. The van der Waals surface area contributed by atoms with Crippen molar-refractivity contribution in [2.45, 2.75) is 18.9 Å². The normalized spacial score (nSPS) is 18.9. The van der Waals surface area contributed by atoms with Crippen LogP contribution in [0.5, 0.6) is 5.75 Å². The van der Waals surface area contributed by atoms with Crippen LogP contribution >= 0.6 is 24.0 Å². The van der Waals surface area contributed by atoms with E-state index < -0.39 is 0 Å². The van der Waals surface area contributed by atoms with E-state index in [4.69, 9.17) is 4.74 Å². The molecule has 1 unspecified atom stereocenters. The van der Waals surface area contributed by atoms with Crippen LogP contribution in [0.15, 0.2) is 29.3 Å². The number of likely N-dealkylation sites (N-methyl/N-ethyl adjacent to an activating group) is 1. The van der Waals surface area contributed by atoms with Crippen LogP contribution in [0.4, 0.5) is 5.69 Å². The van der Waals surface area contributed by atoms with Gasteiger partial charge >= 0.3 is 0 Å². The Balaban J connectivity index is 0.00000261. The summed E-state index contributed by atoms with van der Waals surface area (Å²) in [5.41, 5.74) is 1.26. The van der Waals surface area contributed by atoms with E-state index in [9.17, 15) is 0 Å². The van der Waals surface area contributed by atoms with Gasteiger partial charge in [0.1, 0.15) is 5.75 Å². The zero-order chi connectivity index (χ0) is 18.5. The number of halogens is 1. The number of nitrogens with one attached hydrogen (secondary N) is 1. The van der Waals surface area contributed by atoms with Gasteiger partial charge in [-0.15, -0.1) is 24.0 Å². The van der Waals surface area contributed by atoms with Gasteiger partial charge in [0.25, 0.3) is 0 Å². The van der Waals surface area contributed by atoms with Gasteiger partial charge in [0, 0.05) is 51.5 Å². The fraction of sp³-hybridized carbons (Fsp3) is 0.650. The first-order valence-corrected chi connectivity index (χ1v) is 9.63. The van der Waals surface area contributed by atoms with Crippen molar-refractivity contribution in [1.29, 1.82) is 0 Å². The lowest BCUT2D eigenvalue weighted by Gasteiger charge is -2.38. The summed E-state index contributed by atoms with van der Waals surface area (Å²) in [6.07, 6.45) is 2.73. The number of guanidine groups is 1. The quantitative estimate of drug-likeness (QED) is 0.379. The van der Waals surface area contributed by atoms with Crippen LogP contribution in [0.1, 0.15) is 12.8 Å². The minimum Gasteiger partial charge on any atom is -0.497 e. The van der Waals surface area contributed by atoms with E-state index in [0.29, 0.717) is 6.04 Å². The minimum atomic E-state index is 0. The highest BCUT2D eigenvalue weighted by Gasteiger charge is 2.32. The molecule has 152 valence electrons. The molecule has 1 aromatic carbocycles.